The third kappa shape index (κ3) is 6.17. The van der Waals surface area contributed by atoms with Crippen LogP contribution in [-0.2, 0) is 25.6 Å². The van der Waals surface area contributed by atoms with Gasteiger partial charge in [0.2, 0.25) is 0 Å². The fourth-order valence-corrected chi connectivity index (χ4v) is 3.92. The van der Waals surface area contributed by atoms with Crippen LogP contribution < -0.4 is 5.32 Å². The number of benzene rings is 1. The lowest BCUT2D eigenvalue weighted by atomic mass is 10.1. The number of aromatic nitrogens is 2. The van der Waals surface area contributed by atoms with Gasteiger partial charge in [-0.2, -0.15) is 5.10 Å². The van der Waals surface area contributed by atoms with Gasteiger partial charge in [-0.25, -0.2) is 9.59 Å². The fourth-order valence-electron chi connectivity index (χ4n) is 3.15. The molecule has 0 atom stereocenters. The van der Waals surface area contributed by atoms with E-state index in [1.54, 1.807) is 17.5 Å². The van der Waals surface area contributed by atoms with Crippen LogP contribution in [0.3, 0.4) is 0 Å². The summed E-state index contributed by atoms with van der Waals surface area (Å²) < 4.78 is 11.6. The Bertz CT molecular complexity index is 1190. The predicted octanol–water partition coefficient (Wildman–Crippen LogP) is 3.90. The molecule has 2 heterocycles. The molecule has 1 amide bonds. The Balaban J connectivity index is 1.57. The molecule has 33 heavy (non-hydrogen) atoms. The molecule has 0 fully saturated rings. The third-order valence-electron chi connectivity index (χ3n) is 4.93. The molecule has 0 saturated heterocycles. The van der Waals surface area contributed by atoms with Gasteiger partial charge >= 0.3 is 11.9 Å². The minimum Gasteiger partial charge on any atom is -0.465 e. The van der Waals surface area contributed by atoms with E-state index in [4.69, 9.17) is 4.74 Å². The van der Waals surface area contributed by atoms with Crippen LogP contribution in [0.4, 0.5) is 5.69 Å². The summed E-state index contributed by atoms with van der Waals surface area (Å²) in [5, 5.41) is 8.76. The maximum absolute atomic E-state index is 12.1. The second kappa shape index (κ2) is 10.7. The summed E-state index contributed by atoms with van der Waals surface area (Å²) in [5.74, 6) is -1.76. The number of amides is 1. The van der Waals surface area contributed by atoms with Crippen molar-refractivity contribution in [2.75, 3.05) is 19.0 Å². The summed E-state index contributed by atoms with van der Waals surface area (Å²) in [6.07, 6.45) is 2.91. The average molecular weight is 468 g/mol. The molecule has 0 aliphatic rings. The molecule has 0 bridgehead atoms. The molecule has 1 N–H and O–H groups in total. The zero-order chi connectivity index (χ0) is 24.0. The van der Waals surface area contributed by atoms with E-state index in [1.807, 2.05) is 25.5 Å². The molecule has 9 heteroatoms. The second-order valence-corrected chi connectivity index (χ2v) is 8.29. The molecule has 172 valence electrons. The first-order valence-electron chi connectivity index (χ1n) is 10.2. The van der Waals surface area contributed by atoms with Crippen LogP contribution in [0.1, 0.15) is 37.7 Å². The minimum absolute atomic E-state index is 0.269. The van der Waals surface area contributed by atoms with Gasteiger partial charge in [-0.1, -0.05) is 29.8 Å². The molecule has 1 aromatic carbocycles. The van der Waals surface area contributed by atoms with E-state index in [0.717, 1.165) is 33.9 Å². The van der Waals surface area contributed by atoms with Crippen molar-refractivity contribution in [3.8, 4) is 0 Å². The summed E-state index contributed by atoms with van der Waals surface area (Å²) in [5.41, 5.74) is 5.17. The molecule has 0 aliphatic heterocycles. The van der Waals surface area contributed by atoms with Crippen molar-refractivity contribution in [2.45, 2.75) is 27.3 Å². The first-order chi connectivity index (χ1) is 15.8. The topological polar surface area (TPSA) is 99.5 Å². The number of nitrogens with one attached hydrogen (secondary N) is 1. The summed E-state index contributed by atoms with van der Waals surface area (Å²) in [6, 6.07) is 9.82. The molecule has 0 saturated carbocycles. The lowest BCUT2D eigenvalue weighted by molar-refractivity contribution is -0.142. The summed E-state index contributed by atoms with van der Waals surface area (Å²) in [4.78, 5) is 36.1. The molecule has 3 aromatic rings. The van der Waals surface area contributed by atoms with E-state index in [2.05, 4.69) is 39.4 Å². The van der Waals surface area contributed by atoms with Crippen LogP contribution in [-0.4, -0.2) is 41.3 Å². The Morgan fingerprint density at radius 2 is 1.85 bits per heavy atom. The Labute approximate surface area is 195 Å². The van der Waals surface area contributed by atoms with Gasteiger partial charge in [0.25, 0.3) is 5.91 Å². The van der Waals surface area contributed by atoms with E-state index >= 15 is 0 Å². The van der Waals surface area contributed by atoms with Gasteiger partial charge in [-0.15, -0.1) is 11.3 Å². The highest BCUT2D eigenvalue weighted by Gasteiger charge is 2.16. The molecular formula is C24H25N3O5S. The largest absolute Gasteiger partial charge is 0.465 e. The summed E-state index contributed by atoms with van der Waals surface area (Å²) in [6.45, 7) is 6.00. The Morgan fingerprint density at radius 3 is 2.55 bits per heavy atom. The molecule has 0 spiro atoms. The standard InChI is InChI=1S/C24H25N3O5S/c1-15-5-7-18(8-6-15)13-27-17(3)19(16(2)26-27)9-10-22(29)32-14-21(28)25-20-11-12-33-23(20)24(30)31-4/h5-12H,13-14H2,1-4H3,(H,25,28)/b10-9+. The number of hydrogen-bond acceptors (Lipinski definition) is 7. The highest BCUT2D eigenvalue weighted by Crippen LogP contribution is 2.23. The first kappa shape index (κ1) is 23.9. The molecule has 2 aromatic heterocycles. The van der Waals surface area contributed by atoms with E-state index in [0.29, 0.717) is 12.2 Å². The monoisotopic (exact) mass is 467 g/mol. The maximum Gasteiger partial charge on any atom is 0.350 e. The number of hydrogen-bond donors (Lipinski definition) is 1. The smallest absolute Gasteiger partial charge is 0.350 e. The van der Waals surface area contributed by atoms with Crippen LogP contribution in [0.15, 0.2) is 41.8 Å². The van der Waals surface area contributed by atoms with E-state index < -0.39 is 24.5 Å². The molecule has 0 radical (unpaired) electrons. The Kier molecular flexibility index (Phi) is 7.78. The summed E-state index contributed by atoms with van der Waals surface area (Å²) >= 11 is 1.14. The lowest BCUT2D eigenvalue weighted by Crippen LogP contribution is -2.21. The van der Waals surface area contributed by atoms with Gasteiger partial charge in [-0.3, -0.25) is 9.48 Å². The van der Waals surface area contributed by atoms with E-state index in [-0.39, 0.29) is 4.88 Å². The number of methoxy groups -OCH3 is 1. The number of anilines is 1. The van der Waals surface area contributed by atoms with Gasteiger partial charge in [0.05, 0.1) is 25.0 Å². The van der Waals surface area contributed by atoms with Gasteiger partial charge < -0.3 is 14.8 Å². The van der Waals surface area contributed by atoms with Crippen LogP contribution in [0.25, 0.3) is 6.08 Å². The summed E-state index contributed by atoms with van der Waals surface area (Å²) in [7, 11) is 1.26. The van der Waals surface area contributed by atoms with Gasteiger partial charge in [0.15, 0.2) is 6.61 Å². The quantitative estimate of drug-likeness (QED) is 0.398. The molecule has 0 aliphatic carbocycles. The maximum atomic E-state index is 12.1. The average Bonchev–Trinajstić information content (AvgIpc) is 3.36. The number of nitrogens with zero attached hydrogens (tertiary/aromatic N) is 2. The lowest BCUT2D eigenvalue weighted by Gasteiger charge is -2.06. The van der Waals surface area contributed by atoms with Gasteiger partial charge in [0, 0.05) is 17.3 Å². The molecular weight excluding hydrogens is 442 g/mol. The normalized spacial score (nSPS) is 10.9. The van der Waals surface area contributed by atoms with Crippen molar-refractivity contribution in [1.82, 2.24) is 9.78 Å². The van der Waals surface area contributed by atoms with Crippen molar-refractivity contribution in [3.63, 3.8) is 0 Å². The number of carbonyl (C=O) groups is 3. The van der Waals surface area contributed by atoms with Crippen LogP contribution in [0, 0.1) is 20.8 Å². The van der Waals surface area contributed by atoms with Gasteiger partial charge in [-0.05, 0) is 43.9 Å². The molecule has 3 rings (SSSR count). The number of thiophene rings is 1. The molecule has 0 unspecified atom stereocenters. The number of rotatable bonds is 8. The highest BCUT2D eigenvalue weighted by molar-refractivity contribution is 7.12. The first-order valence-corrected chi connectivity index (χ1v) is 11.1. The highest BCUT2D eigenvalue weighted by atomic mass is 32.1. The zero-order valence-electron chi connectivity index (χ0n) is 18.9. The predicted molar refractivity (Wildman–Crippen MR) is 126 cm³/mol. The third-order valence-corrected chi connectivity index (χ3v) is 5.83. The fraction of sp³-hybridized carbons (Fsp3) is 0.250. The molecule has 8 nitrogen and oxygen atoms in total. The Hall–Kier alpha value is -3.72. The SMILES string of the molecule is COC(=O)c1sccc1NC(=O)COC(=O)/C=C/c1c(C)nn(Cc2ccc(C)cc2)c1C. The van der Waals surface area contributed by atoms with Crippen molar-refractivity contribution in [3.05, 3.63) is 74.7 Å². The van der Waals surface area contributed by atoms with Crippen molar-refractivity contribution < 1.29 is 23.9 Å². The number of esters is 2. The number of ether oxygens (including phenoxy) is 2. The van der Waals surface area contributed by atoms with Crippen LogP contribution in [0.2, 0.25) is 0 Å². The van der Waals surface area contributed by atoms with E-state index in [9.17, 15) is 14.4 Å². The van der Waals surface area contributed by atoms with Gasteiger partial charge in [0.1, 0.15) is 4.88 Å². The van der Waals surface area contributed by atoms with Crippen LogP contribution >= 0.6 is 11.3 Å². The minimum atomic E-state index is -0.659. The Morgan fingerprint density at radius 1 is 1.12 bits per heavy atom. The van der Waals surface area contributed by atoms with Crippen LogP contribution in [0.5, 0.6) is 0 Å². The second-order valence-electron chi connectivity index (χ2n) is 7.37. The van der Waals surface area contributed by atoms with E-state index in [1.165, 1.54) is 18.7 Å². The number of aryl methyl sites for hydroxylation is 2. The zero-order valence-corrected chi connectivity index (χ0v) is 19.7. The number of carbonyl (C=O) groups excluding carboxylic acids is 3. The van der Waals surface area contributed by atoms with Crippen molar-refractivity contribution >= 4 is 40.9 Å². The van der Waals surface area contributed by atoms with Crippen molar-refractivity contribution in [2.24, 2.45) is 0 Å². The van der Waals surface area contributed by atoms with Crippen molar-refractivity contribution in [1.29, 1.82) is 0 Å².